The summed E-state index contributed by atoms with van der Waals surface area (Å²) in [6, 6.07) is 12.9. The Hall–Kier alpha value is -5.82. The van der Waals surface area contributed by atoms with E-state index in [1.54, 1.807) is 18.4 Å². The average Bonchev–Trinajstić information content (AvgIpc) is 4.05. The average molecular weight is 854 g/mol. The maximum atomic E-state index is 7.63. The third-order valence-corrected chi connectivity index (χ3v) is 13.3. The van der Waals surface area contributed by atoms with Gasteiger partial charge in [-0.25, -0.2) is 0 Å². The van der Waals surface area contributed by atoms with Gasteiger partial charge in [-0.2, -0.15) is 0 Å². The standard InChI is InChI=1S/C44H39N7Se2.C2H6/c1-27(9-5-23-45)41-33-15-13-31(49-33)32-14-16-34(50-32)42(28(2)10-6-24-46)38-20-22-40(53-38)44(30(4)12-8-26-48)36-18-17-35(51-36)43(29(3)11-7-25-47)39-21-19-37(41)52-39;1-2/h5-26,45-46,49H,1-2,47-48H2,3-4H3;1-2H3/b9-5-,10-6-,25-7-,26-8-,29-11+,30-12+,32-31?,41-33?,41-37?,42-34?,42-38?,43-35?,43-39?,44-36?,44-40?,45-23?,46-24?;. The Bertz CT molecular complexity index is 2630. The van der Waals surface area contributed by atoms with Gasteiger partial charge < -0.3 is 0 Å². The molecule has 0 radical (unpaired) electrons. The van der Waals surface area contributed by atoms with Crippen molar-refractivity contribution in [1.29, 1.82) is 10.8 Å². The van der Waals surface area contributed by atoms with Crippen LogP contribution in [0.15, 0.2) is 111 Å². The molecule has 4 aromatic heterocycles. The molecule has 9 heteroatoms. The SMILES string of the molecule is C=C(/C=C\C=N)c1c2nc(c3ccc([nH]3)c(C(=C)/C=C\C=N)c3ccc([se]3)c(/C(C)=C/C=C\N)c3nc(c(/C(C)=C/C=C\N)c4ccc1[se]4)C=C3)C=C2.CC. The van der Waals surface area contributed by atoms with Gasteiger partial charge in [-0.3, -0.25) is 0 Å². The molecule has 6 heterocycles. The van der Waals surface area contributed by atoms with Crippen molar-refractivity contribution in [3.8, 4) is 0 Å². The van der Waals surface area contributed by atoms with Crippen LogP contribution in [0.5, 0.6) is 0 Å². The summed E-state index contributed by atoms with van der Waals surface area (Å²) in [6.07, 6.45) is 28.8. The minimum Gasteiger partial charge on any atom is -0.0683 e. The van der Waals surface area contributed by atoms with Crippen LogP contribution >= 0.6 is 0 Å². The number of aromatic nitrogens is 3. The third kappa shape index (κ3) is 8.94. The number of nitrogens with two attached hydrogens (primary N) is 2. The normalized spacial score (nSPS) is 12.9. The van der Waals surface area contributed by atoms with Crippen LogP contribution in [0.1, 0.15) is 72.7 Å². The fourth-order valence-electron chi connectivity index (χ4n) is 6.22. The van der Waals surface area contributed by atoms with Crippen LogP contribution in [0.3, 0.4) is 0 Å². The molecule has 0 aliphatic carbocycles. The maximum Gasteiger partial charge on any atom is -0.0683 e. The van der Waals surface area contributed by atoms with E-state index in [1.165, 1.54) is 27.1 Å². The molecule has 2 aliphatic rings. The van der Waals surface area contributed by atoms with E-state index in [1.807, 2.05) is 62.5 Å². The molecule has 276 valence electrons. The molecule has 55 heavy (non-hydrogen) atoms. The van der Waals surface area contributed by atoms with Crippen LogP contribution in [0.2, 0.25) is 0 Å². The van der Waals surface area contributed by atoms with Gasteiger partial charge in [0.25, 0.3) is 0 Å². The summed E-state index contributed by atoms with van der Waals surface area (Å²) in [5, 5.41) is 15.3. The maximum absolute atomic E-state index is 7.63. The molecular formula is C46H45N7Se2. The minimum atomic E-state index is -0.118. The molecule has 0 saturated heterocycles. The number of rotatable bonds is 10. The first-order valence-corrected chi connectivity index (χ1v) is 21.2. The molecule has 0 saturated carbocycles. The predicted octanol–water partition coefficient (Wildman–Crippen LogP) is 10.4. The van der Waals surface area contributed by atoms with E-state index in [4.69, 9.17) is 32.3 Å². The van der Waals surface area contributed by atoms with E-state index in [0.717, 1.165) is 86.9 Å². The quantitative estimate of drug-likeness (QED) is 0.0531. The molecular weight excluding hydrogens is 808 g/mol. The van der Waals surface area contributed by atoms with Crippen molar-refractivity contribution in [2.75, 3.05) is 0 Å². The van der Waals surface area contributed by atoms with E-state index in [0.29, 0.717) is 0 Å². The number of hydrogen-bond acceptors (Lipinski definition) is 6. The molecule has 0 unspecified atom stereocenters. The van der Waals surface area contributed by atoms with Gasteiger partial charge >= 0.3 is 323 Å². The van der Waals surface area contributed by atoms with Crippen LogP contribution in [-0.4, -0.2) is 56.4 Å². The van der Waals surface area contributed by atoms with Crippen LogP contribution in [0, 0.1) is 10.8 Å². The number of hydrogen-bond donors (Lipinski definition) is 5. The van der Waals surface area contributed by atoms with Crippen molar-refractivity contribution < 1.29 is 0 Å². The van der Waals surface area contributed by atoms with Gasteiger partial charge in [0.1, 0.15) is 0 Å². The Morgan fingerprint density at radius 2 is 0.982 bits per heavy atom. The molecule has 0 atom stereocenters. The predicted molar refractivity (Wildman–Crippen MR) is 244 cm³/mol. The zero-order valence-corrected chi connectivity index (χ0v) is 34.9. The van der Waals surface area contributed by atoms with Crippen LogP contribution in [-0.2, 0) is 0 Å². The van der Waals surface area contributed by atoms with E-state index in [9.17, 15) is 0 Å². The molecule has 10 bridgehead atoms. The fourth-order valence-corrected chi connectivity index (χ4v) is 11.3. The monoisotopic (exact) mass is 855 g/mol. The second-order valence-electron chi connectivity index (χ2n) is 12.1. The Balaban J connectivity index is 0.00000285. The summed E-state index contributed by atoms with van der Waals surface area (Å²) < 4.78 is 4.66. The minimum absolute atomic E-state index is 0.106. The van der Waals surface area contributed by atoms with E-state index in [-0.39, 0.29) is 29.0 Å². The second-order valence-corrected chi connectivity index (χ2v) is 16.7. The van der Waals surface area contributed by atoms with Crippen LogP contribution in [0.4, 0.5) is 0 Å². The molecule has 7 nitrogen and oxygen atoms in total. The van der Waals surface area contributed by atoms with Crippen molar-refractivity contribution in [3.63, 3.8) is 0 Å². The molecule has 0 spiro atoms. The smallest absolute Gasteiger partial charge is 0.0683 e. The van der Waals surface area contributed by atoms with Crippen molar-refractivity contribution in [2.24, 2.45) is 11.5 Å². The molecule has 2 aliphatic heterocycles. The van der Waals surface area contributed by atoms with Crippen molar-refractivity contribution in [2.45, 2.75) is 27.7 Å². The Morgan fingerprint density at radius 3 is 1.47 bits per heavy atom. The van der Waals surface area contributed by atoms with Gasteiger partial charge in [0.15, 0.2) is 0 Å². The summed E-state index contributed by atoms with van der Waals surface area (Å²) in [6.45, 7) is 17.0. The summed E-state index contributed by atoms with van der Waals surface area (Å²) >= 11 is -0.224. The van der Waals surface area contributed by atoms with Gasteiger partial charge in [0.2, 0.25) is 0 Å². The van der Waals surface area contributed by atoms with Gasteiger partial charge in [-0.05, 0) is 0 Å². The summed E-state index contributed by atoms with van der Waals surface area (Å²) in [5.74, 6) is 0. The number of fused-ring (bicyclic) bond motifs is 11. The number of H-pyrrole nitrogens is 1. The van der Waals surface area contributed by atoms with Crippen molar-refractivity contribution >= 4 is 116 Å². The molecule has 4 aromatic rings. The van der Waals surface area contributed by atoms with Crippen LogP contribution in [0.25, 0.3) is 74.7 Å². The number of nitrogens with zero attached hydrogens (tertiary/aromatic N) is 2. The summed E-state index contributed by atoms with van der Waals surface area (Å²) in [4.78, 5) is 14.1. The molecule has 0 fully saturated rings. The van der Waals surface area contributed by atoms with Gasteiger partial charge in [0.05, 0.1) is 0 Å². The van der Waals surface area contributed by atoms with Gasteiger partial charge in [-0.1, -0.05) is 13.8 Å². The number of nitrogens with one attached hydrogen (secondary N) is 3. The van der Waals surface area contributed by atoms with Crippen molar-refractivity contribution in [3.05, 3.63) is 156 Å². The number of aromatic amines is 1. The van der Waals surface area contributed by atoms with Gasteiger partial charge in [-0.15, -0.1) is 0 Å². The largest absolute Gasteiger partial charge is 0.0683 e. The third-order valence-electron chi connectivity index (χ3n) is 8.61. The van der Waals surface area contributed by atoms with Gasteiger partial charge in [0, 0.05) is 0 Å². The first kappa shape index (κ1) is 40.4. The molecule has 6 rings (SSSR count). The number of allylic oxidation sites excluding steroid dienone is 12. The topological polar surface area (TPSA) is 141 Å². The van der Waals surface area contributed by atoms with E-state index >= 15 is 0 Å². The van der Waals surface area contributed by atoms with Crippen LogP contribution < -0.4 is 11.5 Å². The summed E-state index contributed by atoms with van der Waals surface area (Å²) in [5.41, 5.74) is 24.5. The second kappa shape index (κ2) is 19.0. The first-order valence-electron chi connectivity index (χ1n) is 17.8. The first-order chi connectivity index (χ1) is 26.8. The van der Waals surface area contributed by atoms with E-state index in [2.05, 4.69) is 80.5 Å². The van der Waals surface area contributed by atoms with Crippen molar-refractivity contribution in [1.82, 2.24) is 15.0 Å². The zero-order chi connectivity index (χ0) is 39.5. The molecule has 0 amide bonds. The zero-order valence-electron chi connectivity index (χ0n) is 31.5. The Morgan fingerprint density at radius 1 is 0.582 bits per heavy atom. The Kier molecular flexibility index (Phi) is 13.9. The van der Waals surface area contributed by atoms with E-state index < -0.39 is 0 Å². The Labute approximate surface area is 334 Å². The molecule has 7 N–H and O–H groups in total. The fraction of sp³-hybridized carbons (Fsp3) is 0.0870. The summed E-state index contributed by atoms with van der Waals surface area (Å²) in [7, 11) is 0. The molecule has 0 aromatic carbocycles.